The van der Waals surface area contributed by atoms with Crippen LogP contribution in [0.15, 0.2) is 36.4 Å². The van der Waals surface area contributed by atoms with Crippen molar-refractivity contribution in [2.24, 2.45) is 0 Å². The molecule has 1 N–H and O–H groups in total. The van der Waals surface area contributed by atoms with Gasteiger partial charge in [0.25, 0.3) is 0 Å². The summed E-state index contributed by atoms with van der Waals surface area (Å²) < 4.78 is 5.35. The Balaban J connectivity index is 2.14. The van der Waals surface area contributed by atoms with Crippen LogP contribution in [0.5, 0.6) is 5.75 Å². The Kier molecular flexibility index (Phi) is 2.91. The maximum atomic E-state index is 11.4. The van der Waals surface area contributed by atoms with Crippen molar-refractivity contribution in [2.75, 3.05) is 12.4 Å². The van der Waals surface area contributed by atoms with Crippen molar-refractivity contribution in [3.63, 3.8) is 0 Å². The molecule has 2 aromatic rings. The molecular formula is C15H12ClNO2. The number of halogens is 1. The summed E-state index contributed by atoms with van der Waals surface area (Å²) in [6.45, 7) is 0. The highest BCUT2D eigenvalue weighted by molar-refractivity contribution is 6.33. The summed E-state index contributed by atoms with van der Waals surface area (Å²) in [6.07, 6.45) is 0.413. The minimum Gasteiger partial charge on any atom is -0.496 e. The fraction of sp³-hybridized carbons (Fsp3) is 0.133. The number of anilines is 1. The molecule has 0 bridgehead atoms. The zero-order valence-electron chi connectivity index (χ0n) is 10.4. The van der Waals surface area contributed by atoms with E-state index in [1.54, 1.807) is 7.11 Å². The predicted octanol–water partition coefficient (Wildman–Crippen LogP) is 3.51. The van der Waals surface area contributed by atoms with E-state index >= 15 is 0 Å². The van der Waals surface area contributed by atoms with E-state index in [1.165, 1.54) is 0 Å². The molecule has 0 unspecified atom stereocenters. The van der Waals surface area contributed by atoms with Gasteiger partial charge in [-0.2, -0.15) is 0 Å². The van der Waals surface area contributed by atoms with Crippen LogP contribution in [-0.4, -0.2) is 13.0 Å². The van der Waals surface area contributed by atoms with Crippen LogP contribution < -0.4 is 10.1 Å². The van der Waals surface area contributed by atoms with Crippen molar-refractivity contribution in [3.05, 3.63) is 47.0 Å². The first-order chi connectivity index (χ1) is 9.19. The lowest BCUT2D eigenvalue weighted by atomic mass is 10.0. The van der Waals surface area contributed by atoms with Crippen molar-refractivity contribution in [2.45, 2.75) is 6.42 Å². The van der Waals surface area contributed by atoms with Crippen LogP contribution in [0.1, 0.15) is 5.56 Å². The SMILES string of the molecule is COc1cccc(Cl)c1-c1ccc2c(c1)CC(=O)N2. The Labute approximate surface area is 116 Å². The van der Waals surface area contributed by atoms with E-state index in [1.807, 2.05) is 36.4 Å². The molecule has 1 amide bonds. The zero-order chi connectivity index (χ0) is 13.4. The summed E-state index contributed by atoms with van der Waals surface area (Å²) in [5, 5.41) is 3.45. The van der Waals surface area contributed by atoms with Gasteiger partial charge >= 0.3 is 0 Å². The number of rotatable bonds is 2. The lowest BCUT2D eigenvalue weighted by molar-refractivity contribution is -0.115. The lowest BCUT2D eigenvalue weighted by Crippen LogP contribution is -2.03. The van der Waals surface area contributed by atoms with Gasteiger partial charge in [-0.1, -0.05) is 23.7 Å². The molecule has 1 heterocycles. The second-order valence-corrected chi connectivity index (χ2v) is 4.82. The number of nitrogens with one attached hydrogen (secondary N) is 1. The summed E-state index contributed by atoms with van der Waals surface area (Å²) in [6, 6.07) is 11.4. The lowest BCUT2D eigenvalue weighted by Gasteiger charge is -2.11. The standard InChI is InChI=1S/C15H12ClNO2/c1-19-13-4-2-3-11(16)15(13)9-5-6-12-10(7-9)8-14(18)17-12/h2-7H,8H2,1H3,(H,17,18). The van der Waals surface area contributed by atoms with Gasteiger partial charge in [0.1, 0.15) is 5.75 Å². The topological polar surface area (TPSA) is 38.3 Å². The smallest absolute Gasteiger partial charge is 0.228 e. The Morgan fingerprint density at radius 1 is 1.26 bits per heavy atom. The van der Waals surface area contributed by atoms with E-state index in [0.29, 0.717) is 11.4 Å². The Bertz CT molecular complexity index is 667. The van der Waals surface area contributed by atoms with Crippen LogP contribution in [0.4, 0.5) is 5.69 Å². The van der Waals surface area contributed by atoms with Crippen molar-refractivity contribution >= 4 is 23.2 Å². The third-order valence-electron chi connectivity index (χ3n) is 3.21. The number of benzene rings is 2. The van der Waals surface area contributed by atoms with Gasteiger partial charge in [-0.15, -0.1) is 0 Å². The first-order valence-electron chi connectivity index (χ1n) is 5.94. The highest BCUT2D eigenvalue weighted by Crippen LogP contribution is 2.38. The largest absolute Gasteiger partial charge is 0.496 e. The molecule has 0 radical (unpaired) electrons. The number of hydrogen-bond donors (Lipinski definition) is 1. The molecule has 3 rings (SSSR count). The van der Waals surface area contributed by atoms with Gasteiger partial charge in [0.2, 0.25) is 5.91 Å². The normalized spacial score (nSPS) is 13.1. The average Bonchev–Trinajstić information content (AvgIpc) is 2.77. The predicted molar refractivity (Wildman–Crippen MR) is 75.8 cm³/mol. The number of methoxy groups -OCH3 is 1. The molecule has 1 aliphatic rings. The summed E-state index contributed by atoms with van der Waals surface area (Å²) in [4.78, 5) is 11.4. The van der Waals surface area contributed by atoms with Crippen molar-refractivity contribution in [1.82, 2.24) is 0 Å². The molecule has 0 saturated carbocycles. The Morgan fingerprint density at radius 2 is 2.11 bits per heavy atom. The van der Waals surface area contributed by atoms with Crippen molar-refractivity contribution in [1.29, 1.82) is 0 Å². The molecule has 0 fully saturated rings. The molecular weight excluding hydrogens is 262 g/mol. The molecule has 3 nitrogen and oxygen atoms in total. The molecule has 19 heavy (non-hydrogen) atoms. The summed E-state index contributed by atoms with van der Waals surface area (Å²) >= 11 is 6.26. The van der Waals surface area contributed by atoms with Crippen LogP contribution >= 0.6 is 11.6 Å². The molecule has 0 saturated heterocycles. The summed E-state index contributed by atoms with van der Waals surface area (Å²) in [5.41, 5.74) is 3.68. The zero-order valence-corrected chi connectivity index (χ0v) is 11.1. The van der Waals surface area contributed by atoms with Crippen LogP contribution in [0.25, 0.3) is 11.1 Å². The maximum Gasteiger partial charge on any atom is 0.228 e. The highest BCUT2D eigenvalue weighted by atomic mass is 35.5. The first-order valence-corrected chi connectivity index (χ1v) is 6.32. The fourth-order valence-corrected chi connectivity index (χ4v) is 2.61. The number of fused-ring (bicyclic) bond motifs is 1. The number of amides is 1. The minimum absolute atomic E-state index is 0.0262. The van der Waals surface area contributed by atoms with Crippen molar-refractivity contribution < 1.29 is 9.53 Å². The van der Waals surface area contributed by atoms with Crippen LogP contribution in [0, 0.1) is 0 Å². The molecule has 0 aromatic heterocycles. The third kappa shape index (κ3) is 2.06. The number of ether oxygens (including phenoxy) is 1. The molecule has 0 spiro atoms. The van der Waals surface area contributed by atoms with E-state index in [-0.39, 0.29) is 5.91 Å². The van der Waals surface area contributed by atoms with E-state index < -0.39 is 0 Å². The monoisotopic (exact) mass is 273 g/mol. The van der Waals surface area contributed by atoms with Gasteiger partial charge in [-0.05, 0) is 35.4 Å². The number of carbonyl (C=O) groups is 1. The molecule has 0 atom stereocenters. The molecule has 1 aliphatic heterocycles. The van der Waals surface area contributed by atoms with Crippen LogP contribution in [-0.2, 0) is 11.2 Å². The van der Waals surface area contributed by atoms with E-state index in [4.69, 9.17) is 16.3 Å². The fourth-order valence-electron chi connectivity index (χ4n) is 2.34. The summed E-state index contributed by atoms with van der Waals surface area (Å²) in [7, 11) is 1.62. The first kappa shape index (κ1) is 12.1. The summed E-state index contributed by atoms with van der Waals surface area (Å²) in [5.74, 6) is 0.753. The van der Waals surface area contributed by atoms with Gasteiger partial charge in [-0.25, -0.2) is 0 Å². The second-order valence-electron chi connectivity index (χ2n) is 4.41. The average molecular weight is 274 g/mol. The maximum absolute atomic E-state index is 11.4. The van der Waals surface area contributed by atoms with Crippen molar-refractivity contribution in [3.8, 4) is 16.9 Å². The van der Waals surface area contributed by atoms with Gasteiger partial charge in [0.15, 0.2) is 0 Å². The molecule has 0 aliphatic carbocycles. The van der Waals surface area contributed by atoms with Gasteiger partial charge in [-0.3, -0.25) is 4.79 Å². The highest BCUT2D eigenvalue weighted by Gasteiger charge is 2.19. The molecule has 96 valence electrons. The van der Waals surface area contributed by atoms with Gasteiger partial charge in [0.05, 0.1) is 18.6 Å². The molecule has 2 aromatic carbocycles. The van der Waals surface area contributed by atoms with E-state index in [9.17, 15) is 4.79 Å². The minimum atomic E-state index is 0.0262. The second kappa shape index (κ2) is 4.59. The van der Waals surface area contributed by atoms with E-state index in [2.05, 4.69) is 5.32 Å². The number of hydrogen-bond acceptors (Lipinski definition) is 2. The Morgan fingerprint density at radius 3 is 2.89 bits per heavy atom. The van der Waals surface area contributed by atoms with Crippen LogP contribution in [0.3, 0.4) is 0 Å². The Hall–Kier alpha value is -2.00. The van der Waals surface area contributed by atoms with Gasteiger partial charge in [0, 0.05) is 11.3 Å². The van der Waals surface area contributed by atoms with E-state index in [0.717, 1.165) is 28.1 Å². The third-order valence-corrected chi connectivity index (χ3v) is 3.53. The molecule has 4 heteroatoms. The van der Waals surface area contributed by atoms with Gasteiger partial charge < -0.3 is 10.1 Å². The van der Waals surface area contributed by atoms with Crippen LogP contribution in [0.2, 0.25) is 5.02 Å². The number of carbonyl (C=O) groups excluding carboxylic acids is 1. The quantitative estimate of drug-likeness (QED) is 0.909.